The first-order valence-corrected chi connectivity index (χ1v) is 8.05. The molecule has 1 aliphatic heterocycles. The summed E-state index contributed by atoms with van der Waals surface area (Å²) in [4.78, 5) is 2.44. The zero-order valence-electron chi connectivity index (χ0n) is 13.5. The van der Waals surface area contributed by atoms with Crippen LogP contribution in [-0.4, -0.2) is 76.6 Å². The first-order chi connectivity index (χ1) is 9.72. The van der Waals surface area contributed by atoms with Gasteiger partial charge < -0.3 is 20.1 Å². The smallest absolute Gasteiger partial charge is 0.0826 e. The van der Waals surface area contributed by atoms with Gasteiger partial charge in [-0.1, -0.05) is 20.8 Å². The number of morpholine rings is 1. The number of likely N-dealkylation sites (N-methyl/N-ethyl adjacent to an activating group) is 1. The zero-order chi connectivity index (χ0) is 14.6. The van der Waals surface area contributed by atoms with Gasteiger partial charge >= 0.3 is 0 Å². The fourth-order valence-electron chi connectivity index (χ4n) is 2.26. The zero-order valence-corrected chi connectivity index (χ0v) is 13.5. The van der Waals surface area contributed by atoms with Crippen LogP contribution in [0.2, 0.25) is 0 Å². The summed E-state index contributed by atoms with van der Waals surface area (Å²) in [6, 6.07) is 0. The lowest BCUT2D eigenvalue weighted by Crippen LogP contribution is -2.47. The Morgan fingerprint density at radius 1 is 1.30 bits per heavy atom. The quantitative estimate of drug-likeness (QED) is 0.544. The second-order valence-electron chi connectivity index (χ2n) is 5.81. The third-order valence-corrected chi connectivity index (χ3v) is 3.37. The van der Waals surface area contributed by atoms with Crippen molar-refractivity contribution in [2.45, 2.75) is 26.9 Å². The molecule has 1 unspecified atom stereocenters. The van der Waals surface area contributed by atoms with Gasteiger partial charge in [0.1, 0.15) is 0 Å². The van der Waals surface area contributed by atoms with E-state index in [0.717, 1.165) is 65.6 Å². The summed E-state index contributed by atoms with van der Waals surface area (Å²) in [5.41, 5.74) is 0. The van der Waals surface area contributed by atoms with Crippen LogP contribution in [0.4, 0.5) is 0 Å². The summed E-state index contributed by atoms with van der Waals surface area (Å²) in [7, 11) is 0. The maximum absolute atomic E-state index is 5.79. The van der Waals surface area contributed by atoms with E-state index in [-0.39, 0.29) is 0 Å². The van der Waals surface area contributed by atoms with Crippen molar-refractivity contribution in [1.82, 2.24) is 15.5 Å². The molecule has 5 heteroatoms. The average Bonchev–Trinajstić information content (AvgIpc) is 2.43. The first kappa shape index (κ1) is 17.9. The maximum atomic E-state index is 5.79. The van der Waals surface area contributed by atoms with Crippen molar-refractivity contribution in [2.24, 2.45) is 5.92 Å². The minimum absolute atomic E-state index is 0.323. The van der Waals surface area contributed by atoms with Gasteiger partial charge in [-0.2, -0.15) is 0 Å². The summed E-state index contributed by atoms with van der Waals surface area (Å²) in [5.74, 6) is 0.694. The monoisotopic (exact) mass is 287 g/mol. The molecule has 0 aliphatic carbocycles. The predicted octanol–water partition coefficient (Wildman–Crippen LogP) is 0.559. The molecule has 5 nitrogen and oxygen atoms in total. The molecule has 0 spiro atoms. The Morgan fingerprint density at radius 3 is 2.90 bits per heavy atom. The van der Waals surface area contributed by atoms with Crippen LogP contribution in [0.5, 0.6) is 0 Å². The Labute approximate surface area is 124 Å². The number of nitrogens with one attached hydrogen (secondary N) is 2. The van der Waals surface area contributed by atoms with Crippen molar-refractivity contribution < 1.29 is 9.47 Å². The summed E-state index contributed by atoms with van der Waals surface area (Å²) < 4.78 is 11.4. The minimum atomic E-state index is 0.323. The minimum Gasteiger partial charge on any atom is -0.379 e. The number of hydrogen-bond acceptors (Lipinski definition) is 5. The molecule has 1 atom stereocenters. The van der Waals surface area contributed by atoms with Gasteiger partial charge in [0.25, 0.3) is 0 Å². The molecule has 0 radical (unpaired) electrons. The highest BCUT2D eigenvalue weighted by atomic mass is 16.5. The van der Waals surface area contributed by atoms with Gasteiger partial charge in [-0.05, 0) is 19.0 Å². The first-order valence-electron chi connectivity index (χ1n) is 8.05. The fraction of sp³-hybridized carbons (Fsp3) is 1.00. The van der Waals surface area contributed by atoms with E-state index in [4.69, 9.17) is 9.47 Å². The van der Waals surface area contributed by atoms with Crippen LogP contribution in [0.1, 0.15) is 20.8 Å². The number of ether oxygens (including phenoxy) is 2. The molecule has 0 saturated carbocycles. The Balaban J connectivity index is 2.02. The van der Waals surface area contributed by atoms with Crippen molar-refractivity contribution in [3.8, 4) is 0 Å². The van der Waals surface area contributed by atoms with Crippen molar-refractivity contribution in [2.75, 3.05) is 65.6 Å². The van der Waals surface area contributed by atoms with Crippen LogP contribution in [0.15, 0.2) is 0 Å². The van der Waals surface area contributed by atoms with Crippen molar-refractivity contribution in [1.29, 1.82) is 0 Å². The van der Waals surface area contributed by atoms with Crippen LogP contribution in [-0.2, 0) is 9.47 Å². The van der Waals surface area contributed by atoms with Crippen molar-refractivity contribution >= 4 is 0 Å². The van der Waals surface area contributed by atoms with E-state index in [2.05, 4.69) is 36.3 Å². The highest BCUT2D eigenvalue weighted by Gasteiger charge is 2.19. The van der Waals surface area contributed by atoms with Gasteiger partial charge in [0.05, 0.1) is 25.9 Å². The lowest BCUT2D eigenvalue weighted by molar-refractivity contribution is -0.0348. The number of rotatable bonds is 11. The molecular weight excluding hydrogens is 254 g/mol. The van der Waals surface area contributed by atoms with Gasteiger partial charge in [-0.15, -0.1) is 0 Å². The molecule has 0 aromatic heterocycles. The summed E-state index contributed by atoms with van der Waals surface area (Å²) in [6.07, 6.45) is 0.323. The normalized spacial score (nSPS) is 20.7. The molecule has 0 aromatic carbocycles. The molecule has 2 N–H and O–H groups in total. The lowest BCUT2D eigenvalue weighted by atomic mass is 10.2. The van der Waals surface area contributed by atoms with Crippen LogP contribution < -0.4 is 10.6 Å². The van der Waals surface area contributed by atoms with Gasteiger partial charge in [0, 0.05) is 32.7 Å². The van der Waals surface area contributed by atoms with Crippen LogP contribution >= 0.6 is 0 Å². The molecule has 1 aliphatic rings. The van der Waals surface area contributed by atoms with Crippen LogP contribution in [0, 0.1) is 5.92 Å². The third-order valence-electron chi connectivity index (χ3n) is 3.37. The van der Waals surface area contributed by atoms with E-state index >= 15 is 0 Å². The predicted molar refractivity (Wildman–Crippen MR) is 83.3 cm³/mol. The Hall–Kier alpha value is -0.200. The Bertz CT molecular complexity index is 227. The maximum Gasteiger partial charge on any atom is 0.0826 e. The fourth-order valence-corrected chi connectivity index (χ4v) is 2.26. The van der Waals surface area contributed by atoms with Gasteiger partial charge in [0.15, 0.2) is 0 Å². The highest BCUT2D eigenvalue weighted by molar-refractivity contribution is 4.73. The molecule has 1 fully saturated rings. The summed E-state index contributed by atoms with van der Waals surface area (Å²) in [5, 5.41) is 6.73. The topological polar surface area (TPSA) is 45.8 Å². The molecule has 0 amide bonds. The number of hydrogen-bond donors (Lipinski definition) is 2. The van der Waals surface area contributed by atoms with Gasteiger partial charge in [-0.3, -0.25) is 4.90 Å². The molecule has 0 bridgehead atoms. The lowest BCUT2D eigenvalue weighted by Gasteiger charge is -2.33. The van der Waals surface area contributed by atoms with Gasteiger partial charge in [0.2, 0.25) is 0 Å². The molecule has 1 rings (SSSR count). The Kier molecular flexibility index (Phi) is 10.2. The molecule has 20 heavy (non-hydrogen) atoms. The molecule has 120 valence electrons. The standard InChI is InChI=1S/C15H33N3O2/c1-4-16-5-8-19-9-6-18-7-10-20-15(13-18)12-17-11-14(2)3/h14-17H,4-13H2,1-3H3. The molecule has 1 saturated heterocycles. The second kappa shape index (κ2) is 11.5. The number of nitrogens with zero attached hydrogens (tertiary/aromatic N) is 1. The van der Waals surface area contributed by atoms with E-state index in [9.17, 15) is 0 Å². The van der Waals surface area contributed by atoms with E-state index in [1.807, 2.05) is 0 Å². The van der Waals surface area contributed by atoms with E-state index in [1.54, 1.807) is 0 Å². The van der Waals surface area contributed by atoms with E-state index in [1.165, 1.54) is 0 Å². The van der Waals surface area contributed by atoms with E-state index < -0.39 is 0 Å². The second-order valence-corrected chi connectivity index (χ2v) is 5.81. The Morgan fingerprint density at radius 2 is 2.15 bits per heavy atom. The summed E-state index contributed by atoms with van der Waals surface area (Å²) >= 11 is 0. The summed E-state index contributed by atoms with van der Waals surface area (Å²) in [6.45, 7) is 16.1. The van der Waals surface area contributed by atoms with Crippen molar-refractivity contribution in [3.05, 3.63) is 0 Å². The largest absolute Gasteiger partial charge is 0.379 e. The molecular formula is C15H33N3O2. The molecule has 0 aromatic rings. The van der Waals surface area contributed by atoms with Crippen molar-refractivity contribution in [3.63, 3.8) is 0 Å². The SMILES string of the molecule is CCNCCOCCN1CCOC(CNCC(C)C)C1. The van der Waals surface area contributed by atoms with Gasteiger partial charge in [-0.25, -0.2) is 0 Å². The van der Waals surface area contributed by atoms with Crippen LogP contribution in [0.3, 0.4) is 0 Å². The van der Waals surface area contributed by atoms with E-state index in [0.29, 0.717) is 12.0 Å². The average molecular weight is 287 g/mol. The molecule has 1 heterocycles. The highest BCUT2D eigenvalue weighted by Crippen LogP contribution is 2.04. The third kappa shape index (κ3) is 8.87. The van der Waals surface area contributed by atoms with Crippen LogP contribution in [0.25, 0.3) is 0 Å².